The summed E-state index contributed by atoms with van der Waals surface area (Å²) in [5.41, 5.74) is 0.441. The van der Waals surface area contributed by atoms with E-state index in [-0.39, 0.29) is 18.6 Å². The lowest BCUT2D eigenvalue weighted by molar-refractivity contribution is -0.149. The summed E-state index contributed by atoms with van der Waals surface area (Å²) in [6.07, 6.45) is 2.75. The molecule has 2 fully saturated rings. The molecule has 0 spiro atoms. The Morgan fingerprint density at radius 2 is 2.04 bits per heavy atom. The van der Waals surface area contributed by atoms with E-state index in [0.29, 0.717) is 18.1 Å². The van der Waals surface area contributed by atoms with Crippen LogP contribution in [0.5, 0.6) is 0 Å². The molecule has 2 aliphatic rings. The highest BCUT2D eigenvalue weighted by Crippen LogP contribution is 2.44. The van der Waals surface area contributed by atoms with E-state index < -0.39 is 24.1 Å². The van der Waals surface area contributed by atoms with Gasteiger partial charge in [-0.2, -0.15) is 0 Å². The summed E-state index contributed by atoms with van der Waals surface area (Å²) in [6, 6.07) is 7.17. The molecule has 1 aliphatic carbocycles. The minimum Gasteiger partial charge on any atom is -0.480 e. The van der Waals surface area contributed by atoms with Gasteiger partial charge in [0, 0.05) is 11.6 Å². The molecule has 25 heavy (non-hydrogen) atoms. The highest BCUT2D eigenvalue weighted by atomic mass is 35.5. The number of nitrogens with one attached hydrogen (secondary N) is 1. The Kier molecular flexibility index (Phi) is 5.61. The van der Waals surface area contributed by atoms with Crippen molar-refractivity contribution in [2.75, 3.05) is 19.8 Å². The highest BCUT2D eigenvalue weighted by Gasteiger charge is 2.46. The van der Waals surface area contributed by atoms with Gasteiger partial charge in [-0.25, -0.2) is 4.79 Å². The third-order valence-corrected chi connectivity index (χ3v) is 5.33. The third kappa shape index (κ3) is 3.97. The van der Waals surface area contributed by atoms with Crippen molar-refractivity contribution in [2.45, 2.75) is 43.2 Å². The lowest BCUT2D eigenvalue weighted by Crippen LogP contribution is -2.57. The van der Waals surface area contributed by atoms with Crippen molar-refractivity contribution in [2.24, 2.45) is 0 Å². The Morgan fingerprint density at radius 3 is 2.64 bits per heavy atom. The van der Waals surface area contributed by atoms with Gasteiger partial charge in [0.2, 0.25) is 5.91 Å². The van der Waals surface area contributed by atoms with E-state index in [2.05, 4.69) is 5.32 Å². The number of benzene rings is 1. The van der Waals surface area contributed by atoms with E-state index in [4.69, 9.17) is 26.2 Å². The molecule has 1 aliphatic heterocycles. The lowest BCUT2D eigenvalue weighted by atomic mass is 9.63. The molecule has 1 aromatic carbocycles. The molecular formula is C18H22ClNO5. The summed E-state index contributed by atoms with van der Waals surface area (Å²) in [5, 5.41) is 12.5. The van der Waals surface area contributed by atoms with Crippen LogP contribution in [-0.2, 0) is 24.5 Å². The van der Waals surface area contributed by atoms with Crippen molar-refractivity contribution in [3.8, 4) is 0 Å². The average molecular weight is 368 g/mol. The van der Waals surface area contributed by atoms with Crippen LogP contribution in [0, 0.1) is 0 Å². The van der Waals surface area contributed by atoms with Gasteiger partial charge in [0.05, 0.1) is 18.1 Å². The van der Waals surface area contributed by atoms with E-state index in [0.717, 1.165) is 24.8 Å². The normalized spacial score (nSPS) is 25.0. The van der Waals surface area contributed by atoms with Crippen LogP contribution in [0.15, 0.2) is 24.3 Å². The van der Waals surface area contributed by atoms with Crippen LogP contribution in [0.25, 0.3) is 0 Å². The Labute approximate surface area is 151 Å². The second-order valence-electron chi connectivity index (χ2n) is 6.63. The molecule has 0 unspecified atom stereocenters. The second kappa shape index (κ2) is 7.72. The molecule has 1 amide bonds. The first-order valence-corrected chi connectivity index (χ1v) is 8.87. The van der Waals surface area contributed by atoms with Gasteiger partial charge >= 0.3 is 5.97 Å². The molecule has 7 heteroatoms. The number of carboxylic acid groups (broad SMARTS) is 1. The summed E-state index contributed by atoms with van der Waals surface area (Å²) >= 11 is 5.96. The maximum Gasteiger partial charge on any atom is 0.329 e. The van der Waals surface area contributed by atoms with Crippen molar-refractivity contribution >= 4 is 23.5 Å². The minimum absolute atomic E-state index is 0.0307. The van der Waals surface area contributed by atoms with Gasteiger partial charge in [0.1, 0.15) is 12.7 Å². The van der Waals surface area contributed by atoms with Gasteiger partial charge in [-0.1, -0.05) is 30.2 Å². The largest absolute Gasteiger partial charge is 0.480 e. The van der Waals surface area contributed by atoms with Gasteiger partial charge in [-0.3, -0.25) is 4.79 Å². The molecule has 136 valence electrons. The predicted octanol–water partition coefficient (Wildman–Crippen LogP) is 2.14. The third-order valence-electron chi connectivity index (χ3n) is 5.08. The fourth-order valence-corrected chi connectivity index (χ4v) is 3.60. The van der Waals surface area contributed by atoms with Crippen molar-refractivity contribution in [1.82, 2.24) is 5.32 Å². The predicted molar refractivity (Wildman–Crippen MR) is 91.7 cm³/mol. The van der Waals surface area contributed by atoms with Crippen LogP contribution >= 0.6 is 11.6 Å². The summed E-state index contributed by atoms with van der Waals surface area (Å²) in [7, 11) is 0. The Bertz CT molecular complexity index is 629. The number of aliphatic carboxylic acids is 1. The van der Waals surface area contributed by atoms with E-state index in [9.17, 15) is 9.59 Å². The van der Waals surface area contributed by atoms with Gasteiger partial charge in [0.25, 0.3) is 0 Å². The number of carbonyl (C=O) groups is 2. The van der Waals surface area contributed by atoms with Crippen molar-refractivity contribution in [3.63, 3.8) is 0 Å². The smallest absolute Gasteiger partial charge is 0.329 e. The Balaban J connectivity index is 1.70. The van der Waals surface area contributed by atoms with Crippen molar-refractivity contribution in [1.29, 1.82) is 0 Å². The highest BCUT2D eigenvalue weighted by molar-refractivity contribution is 6.30. The fourth-order valence-electron chi connectivity index (χ4n) is 3.47. The van der Waals surface area contributed by atoms with Crippen LogP contribution in [0.2, 0.25) is 5.02 Å². The van der Waals surface area contributed by atoms with Crippen LogP contribution in [0.1, 0.15) is 31.2 Å². The van der Waals surface area contributed by atoms with Crippen LogP contribution in [-0.4, -0.2) is 48.9 Å². The molecule has 2 atom stereocenters. The fraction of sp³-hybridized carbons (Fsp3) is 0.556. The van der Waals surface area contributed by atoms with Crippen molar-refractivity contribution < 1.29 is 24.2 Å². The number of ether oxygens (including phenoxy) is 2. The monoisotopic (exact) mass is 367 g/mol. The van der Waals surface area contributed by atoms with Crippen LogP contribution in [0.4, 0.5) is 0 Å². The van der Waals surface area contributed by atoms with Crippen molar-refractivity contribution in [3.05, 3.63) is 34.9 Å². The number of carboxylic acids is 1. The summed E-state index contributed by atoms with van der Waals surface area (Å²) < 4.78 is 10.8. The number of hydrogen-bond donors (Lipinski definition) is 2. The van der Waals surface area contributed by atoms with E-state index in [1.165, 1.54) is 0 Å². The zero-order valence-electron chi connectivity index (χ0n) is 13.9. The quantitative estimate of drug-likeness (QED) is 0.804. The molecule has 3 rings (SSSR count). The number of hydrogen-bond acceptors (Lipinski definition) is 4. The number of carbonyl (C=O) groups excluding carboxylic acids is 1. The Morgan fingerprint density at radius 1 is 1.32 bits per heavy atom. The Hall–Kier alpha value is -1.63. The average Bonchev–Trinajstić information content (AvgIpc) is 2.54. The van der Waals surface area contributed by atoms with E-state index >= 15 is 0 Å². The molecule has 1 aromatic rings. The lowest BCUT2D eigenvalue weighted by Gasteiger charge is -2.43. The zero-order chi connectivity index (χ0) is 17.9. The first-order chi connectivity index (χ1) is 12.0. The maximum atomic E-state index is 13.0. The summed E-state index contributed by atoms with van der Waals surface area (Å²) in [6.45, 7) is 0.403. The molecule has 0 aromatic heterocycles. The first kappa shape index (κ1) is 18.2. The number of rotatable bonds is 6. The molecule has 1 saturated heterocycles. The van der Waals surface area contributed by atoms with E-state index in [1.54, 1.807) is 12.1 Å². The van der Waals surface area contributed by atoms with Crippen LogP contribution in [0.3, 0.4) is 0 Å². The molecule has 2 N–H and O–H groups in total. The first-order valence-electron chi connectivity index (χ1n) is 8.49. The molecule has 6 nitrogen and oxygen atoms in total. The molecule has 0 radical (unpaired) electrons. The standard InChI is InChI=1S/C18H22ClNO5/c19-13-4-2-12(3-5-13)18(7-1-8-18)17(23)20-14-6-9-24-10-15(14)25-11-16(21)22/h2-5,14-15H,1,6-11H2,(H,20,23)(H,21,22)/t14-,15-/m1/s1. The topological polar surface area (TPSA) is 84.9 Å². The SMILES string of the molecule is O=C(O)CO[C@@H]1COCC[C@H]1NC(=O)C1(c2ccc(Cl)cc2)CCC1. The second-order valence-corrected chi connectivity index (χ2v) is 7.07. The molecule has 0 bridgehead atoms. The van der Waals surface area contributed by atoms with Crippen LogP contribution < -0.4 is 5.32 Å². The molecule has 1 saturated carbocycles. The van der Waals surface area contributed by atoms with Gasteiger partial charge in [-0.15, -0.1) is 0 Å². The minimum atomic E-state index is -1.03. The van der Waals surface area contributed by atoms with E-state index in [1.807, 2.05) is 12.1 Å². The zero-order valence-corrected chi connectivity index (χ0v) is 14.6. The molecule has 1 heterocycles. The van der Waals surface area contributed by atoms with Gasteiger partial charge in [-0.05, 0) is 37.0 Å². The van der Waals surface area contributed by atoms with Gasteiger partial charge < -0.3 is 19.9 Å². The molecular weight excluding hydrogens is 346 g/mol. The summed E-state index contributed by atoms with van der Waals surface area (Å²) in [4.78, 5) is 23.8. The van der Waals surface area contributed by atoms with Gasteiger partial charge in [0.15, 0.2) is 0 Å². The number of amides is 1. The summed E-state index contributed by atoms with van der Waals surface area (Å²) in [5.74, 6) is -1.07. The number of halogens is 1. The maximum absolute atomic E-state index is 13.0.